The highest BCUT2D eigenvalue weighted by molar-refractivity contribution is 7.89. The number of hydrogen-bond acceptors (Lipinski definition) is 3. The van der Waals surface area contributed by atoms with Gasteiger partial charge in [-0.05, 0) is 39.3 Å². The Morgan fingerprint density at radius 1 is 1.00 bits per heavy atom. The van der Waals surface area contributed by atoms with Gasteiger partial charge in [0.15, 0.2) is 0 Å². The van der Waals surface area contributed by atoms with Gasteiger partial charge in [0.1, 0.15) is 0 Å². The maximum Gasteiger partial charge on any atom is 0.211 e. The van der Waals surface area contributed by atoms with Gasteiger partial charge in [-0.1, -0.05) is 39.5 Å². The van der Waals surface area contributed by atoms with Crippen molar-refractivity contribution in [1.29, 1.82) is 0 Å². The van der Waals surface area contributed by atoms with Crippen molar-refractivity contribution in [2.24, 2.45) is 0 Å². The van der Waals surface area contributed by atoms with Crippen LogP contribution >= 0.6 is 0 Å². The molecule has 0 aliphatic rings. The molecule has 0 saturated heterocycles. The first-order valence-electron chi connectivity index (χ1n) is 7.72. The smallest absolute Gasteiger partial charge is 0.211 e. The molecule has 1 atom stereocenters. The normalized spacial score (nSPS) is 13.6. The van der Waals surface area contributed by atoms with E-state index in [0.717, 1.165) is 38.8 Å². The molecule has 5 heteroatoms. The van der Waals surface area contributed by atoms with Crippen LogP contribution in [0, 0.1) is 0 Å². The minimum Gasteiger partial charge on any atom is -0.317 e. The Hall–Kier alpha value is -0.130. The number of rotatable bonds is 13. The van der Waals surface area contributed by atoms with E-state index in [4.69, 9.17) is 0 Å². The van der Waals surface area contributed by atoms with E-state index in [9.17, 15) is 8.42 Å². The molecule has 0 fully saturated rings. The molecule has 0 aliphatic heterocycles. The van der Waals surface area contributed by atoms with Crippen molar-refractivity contribution in [2.45, 2.75) is 71.8 Å². The molecule has 0 bridgehead atoms. The SMILES string of the molecule is CCCCCCC(C)NS(=O)(=O)CCCCNCC. The zero-order chi connectivity index (χ0) is 14.6. The number of unbranched alkanes of at least 4 members (excludes halogenated alkanes) is 4. The van der Waals surface area contributed by atoms with E-state index in [1.165, 1.54) is 19.3 Å². The lowest BCUT2D eigenvalue weighted by molar-refractivity contribution is 0.519. The van der Waals surface area contributed by atoms with Crippen molar-refractivity contribution in [1.82, 2.24) is 10.0 Å². The van der Waals surface area contributed by atoms with Gasteiger partial charge in [-0.3, -0.25) is 0 Å². The van der Waals surface area contributed by atoms with Gasteiger partial charge in [0.2, 0.25) is 10.0 Å². The molecule has 1 unspecified atom stereocenters. The van der Waals surface area contributed by atoms with Gasteiger partial charge < -0.3 is 5.32 Å². The number of hydrogen-bond donors (Lipinski definition) is 2. The van der Waals surface area contributed by atoms with Gasteiger partial charge in [-0.2, -0.15) is 0 Å². The molecule has 0 aromatic heterocycles. The Bertz CT molecular complexity index is 292. The van der Waals surface area contributed by atoms with Crippen LogP contribution in [0.1, 0.15) is 65.7 Å². The van der Waals surface area contributed by atoms with Crippen LogP contribution in [-0.2, 0) is 10.0 Å². The molecular formula is C14H32N2O2S. The Kier molecular flexibility index (Phi) is 11.6. The molecule has 0 amide bonds. The summed E-state index contributed by atoms with van der Waals surface area (Å²) in [5.74, 6) is 0.248. The van der Waals surface area contributed by atoms with E-state index in [1.807, 2.05) is 6.92 Å². The fraction of sp³-hybridized carbons (Fsp3) is 1.00. The molecule has 0 aliphatic carbocycles. The highest BCUT2D eigenvalue weighted by Gasteiger charge is 2.13. The summed E-state index contributed by atoms with van der Waals surface area (Å²) in [7, 11) is -3.09. The van der Waals surface area contributed by atoms with Crippen LogP contribution in [0.4, 0.5) is 0 Å². The summed E-state index contributed by atoms with van der Waals surface area (Å²) in [6.07, 6.45) is 7.35. The molecule has 0 heterocycles. The molecule has 0 rings (SSSR count). The Morgan fingerprint density at radius 3 is 2.37 bits per heavy atom. The summed E-state index contributed by atoms with van der Waals surface area (Å²) in [5, 5.41) is 3.20. The lowest BCUT2D eigenvalue weighted by atomic mass is 10.1. The van der Waals surface area contributed by atoms with Crippen LogP contribution in [0.25, 0.3) is 0 Å². The van der Waals surface area contributed by atoms with Gasteiger partial charge >= 0.3 is 0 Å². The maximum atomic E-state index is 11.8. The van der Waals surface area contributed by atoms with Gasteiger partial charge in [0.25, 0.3) is 0 Å². The molecule has 0 aromatic rings. The molecule has 116 valence electrons. The first-order valence-corrected chi connectivity index (χ1v) is 9.37. The first kappa shape index (κ1) is 18.9. The molecule has 19 heavy (non-hydrogen) atoms. The van der Waals surface area contributed by atoms with E-state index in [2.05, 4.69) is 23.9 Å². The lowest BCUT2D eigenvalue weighted by Gasteiger charge is -2.14. The zero-order valence-electron chi connectivity index (χ0n) is 12.9. The third-order valence-electron chi connectivity index (χ3n) is 3.14. The summed E-state index contributed by atoms with van der Waals surface area (Å²) in [5.41, 5.74) is 0. The standard InChI is InChI=1S/C14H32N2O2S/c1-4-6-7-8-11-14(3)16-19(17,18)13-10-9-12-15-5-2/h14-16H,4-13H2,1-3H3. The van der Waals surface area contributed by atoms with Gasteiger partial charge in [0.05, 0.1) is 5.75 Å². The second kappa shape index (κ2) is 11.7. The first-order chi connectivity index (χ1) is 9.02. The maximum absolute atomic E-state index is 11.8. The number of sulfonamides is 1. The average Bonchev–Trinajstić information content (AvgIpc) is 2.34. The monoisotopic (exact) mass is 292 g/mol. The molecule has 4 nitrogen and oxygen atoms in total. The summed E-state index contributed by atoms with van der Waals surface area (Å²) in [6, 6.07) is 0.0654. The minimum absolute atomic E-state index is 0.0654. The molecular weight excluding hydrogens is 260 g/mol. The highest BCUT2D eigenvalue weighted by atomic mass is 32.2. The van der Waals surface area contributed by atoms with Gasteiger partial charge in [-0.25, -0.2) is 13.1 Å². The number of nitrogens with one attached hydrogen (secondary N) is 2. The predicted molar refractivity (Wildman–Crippen MR) is 82.9 cm³/mol. The predicted octanol–water partition coefficient (Wildman–Crippen LogP) is 2.65. The lowest BCUT2D eigenvalue weighted by Crippen LogP contribution is -2.34. The fourth-order valence-electron chi connectivity index (χ4n) is 2.02. The second-order valence-electron chi connectivity index (χ2n) is 5.25. The summed E-state index contributed by atoms with van der Waals surface area (Å²) in [4.78, 5) is 0. The summed E-state index contributed by atoms with van der Waals surface area (Å²) < 4.78 is 26.4. The van der Waals surface area contributed by atoms with E-state index >= 15 is 0 Å². The average molecular weight is 292 g/mol. The second-order valence-corrected chi connectivity index (χ2v) is 7.12. The summed E-state index contributed by atoms with van der Waals surface area (Å²) in [6.45, 7) is 8.04. The van der Waals surface area contributed by atoms with Crippen LogP contribution in [0.2, 0.25) is 0 Å². The van der Waals surface area contributed by atoms with E-state index < -0.39 is 10.0 Å². The van der Waals surface area contributed by atoms with E-state index in [0.29, 0.717) is 0 Å². The minimum atomic E-state index is -3.09. The highest BCUT2D eigenvalue weighted by Crippen LogP contribution is 2.06. The van der Waals surface area contributed by atoms with Gasteiger partial charge in [0, 0.05) is 6.04 Å². The zero-order valence-corrected chi connectivity index (χ0v) is 13.7. The Morgan fingerprint density at radius 2 is 1.74 bits per heavy atom. The third-order valence-corrected chi connectivity index (χ3v) is 4.73. The molecule has 2 N–H and O–H groups in total. The molecule has 0 saturated carbocycles. The van der Waals surface area contributed by atoms with Crippen molar-refractivity contribution >= 4 is 10.0 Å². The van der Waals surface area contributed by atoms with E-state index in [1.54, 1.807) is 0 Å². The van der Waals surface area contributed by atoms with Crippen LogP contribution in [0.3, 0.4) is 0 Å². The Balaban J connectivity index is 3.69. The Labute approximate surface area is 119 Å². The summed E-state index contributed by atoms with van der Waals surface area (Å²) >= 11 is 0. The third kappa shape index (κ3) is 12.6. The van der Waals surface area contributed by atoms with Crippen LogP contribution in [-0.4, -0.2) is 33.3 Å². The topological polar surface area (TPSA) is 58.2 Å². The molecule has 0 radical (unpaired) electrons. The quantitative estimate of drug-likeness (QED) is 0.513. The van der Waals surface area contributed by atoms with Crippen molar-refractivity contribution in [3.8, 4) is 0 Å². The van der Waals surface area contributed by atoms with Crippen molar-refractivity contribution in [2.75, 3.05) is 18.8 Å². The van der Waals surface area contributed by atoms with Gasteiger partial charge in [-0.15, -0.1) is 0 Å². The van der Waals surface area contributed by atoms with Crippen molar-refractivity contribution < 1.29 is 8.42 Å². The van der Waals surface area contributed by atoms with Crippen LogP contribution in [0.15, 0.2) is 0 Å². The van der Waals surface area contributed by atoms with Crippen LogP contribution < -0.4 is 10.0 Å². The van der Waals surface area contributed by atoms with Crippen LogP contribution in [0.5, 0.6) is 0 Å². The fourth-order valence-corrected chi connectivity index (χ4v) is 3.45. The van der Waals surface area contributed by atoms with Crippen molar-refractivity contribution in [3.63, 3.8) is 0 Å². The largest absolute Gasteiger partial charge is 0.317 e. The van der Waals surface area contributed by atoms with E-state index in [-0.39, 0.29) is 11.8 Å². The van der Waals surface area contributed by atoms with Crippen molar-refractivity contribution in [3.05, 3.63) is 0 Å². The molecule has 0 spiro atoms. The molecule has 0 aromatic carbocycles.